The third-order valence-corrected chi connectivity index (χ3v) is 3.52. The van der Waals surface area contributed by atoms with Gasteiger partial charge < -0.3 is 4.57 Å². The van der Waals surface area contributed by atoms with E-state index in [-0.39, 0.29) is 5.82 Å². The molecule has 0 unspecified atom stereocenters. The molecule has 20 heavy (non-hydrogen) atoms. The predicted octanol–water partition coefficient (Wildman–Crippen LogP) is 3.55. The largest absolute Gasteiger partial charge is 0.327 e. The summed E-state index contributed by atoms with van der Waals surface area (Å²) in [5.41, 5.74) is 2.76. The number of hydrogen-bond acceptors (Lipinski definition) is 2. The van der Waals surface area contributed by atoms with Gasteiger partial charge in [-0.2, -0.15) is 0 Å². The number of aryl methyl sites for hydroxylation is 2. The van der Waals surface area contributed by atoms with Gasteiger partial charge >= 0.3 is 0 Å². The van der Waals surface area contributed by atoms with Crippen molar-refractivity contribution in [1.82, 2.24) is 14.5 Å². The second-order valence-electron chi connectivity index (χ2n) is 4.55. The van der Waals surface area contributed by atoms with E-state index in [4.69, 9.17) is 11.6 Å². The van der Waals surface area contributed by atoms with E-state index in [1.165, 1.54) is 17.7 Å². The quantitative estimate of drug-likeness (QED) is 0.688. The first-order chi connectivity index (χ1) is 9.78. The van der Waals surface area contributed by atoms with Crippen molar-refractivity contribution in [2.75, 3.05) is 0 Å². The molecule has 3 rings (SSSR count). The molecule has 0 fully saturated rings. The zero-order valence-electron chi connectivity index (χ0n) is 10.8. The Morgan fingerprint density at radius 1 is 1.15 bits per heavy atom. The highest BCUT2D eigenvalue weighted by Crippen LogP contribution is 2.19. The summed E-state index contributed by atoms with van der Waals surface area (Å²) in [7, 11) is 0. The van der Waals surface area contributed by atoms with Crippen LogP contribution in [0.1, 0.15) is 11.4 Å². The number of halogens is 2. The number of fused-ring (bicyclic) bond motifs is 1. The summed E-state index contributed by atoms with van der Waals surface area (Å²) in [6, 6.07) is 8.61. The molecule has 0 amide bonds. The van der Waals surface area contributed by atoms with Crippen molar-refractivity contribution in [1.29, 1.82) is 0 Å². The van der Waals surface area contributed by atoms with Crippen LogP contribution in [-0.2, 0) is 18.8 Å². The molecule has 3 nitrogen and oxygen atoms in total. The van der Waals surface area contributed by atoms with Crippen molar-refractivity contribution < 1.29 is 4.39 Å². The van der Waals surface area contributed by atoms with Crippen LogP contribution in [0.2, 0.25) is 0 Å². The third-order valence-electron chi connectivity index (χ3n) is 3.28. The molecule has 0 saturated heterocycles. The van der Waals surface area contributed by atoms with Gasteiger partial charge in [0.15, 0.2) is 0 Å². The van der Waals surface area contributed by atoms with Gasteiger partial charge in [-0.1, -0.05) is 0 Å². The van der Waals surface area contributed by atoms with Crippen LogP contribution < -0.4 is 0 Å². The van der Waals surface area contributed by atoms with Gasteiger partial charge in [0, 0.05) is 25.0 Å². The lowest BCUT2D eigenvalue weighted by molar-refractivity contribution is 0.629. The van der Waals surface area contributed by atoms with E-state index in [0.717, 1.165) is 24.3 Å². The van der Waals surface area contributed by atoms with E-state index in [2.05, 4.69) is 9.97 Å². The molecule has 102 valence electrons. The fourth-order valence-corrected chi connectivity index (χ4v) is 2.50. The first-order valence-electron chi connectivity index (χ1n) is 6.37. The van der Waals surface area contributed by atoms with Crippen molar-refractivity contribution >= 4 is 22.6 Å². The smallest absolute Gasteiger partial charge is 0.125 e. The minimum atomic E-state index is -0.280. The Labute approximate surface area is 121 Å². The number of nitrogens with zero attached hydrogens (tertiary/aromatic N) is 3. The van der Waals surface area contributed by atoms with Gasteiger partial charge in [0.25, 0.3) is 0 Å². The SMILES string of the molecule is Fc1ccc2c(c1)nc(CCl)n2CCc1ccncc1. The second-order valence-corrected chi connectivity index (χ2v) is 4.82. The van der Waals surface area contributed by atoms with Crippen LogP contribution in [-0.4, -0.2) is 14.5 Å². The summed E-state index contributed by atoms with van der Waals surface area (Å²) in [4.78, 5) is 8.38. The van der Waals surface area contributed by atoms with Crippen molar-refractivity contribution in [2.45, 2.75) is 18.8 Å². The summed E-state index contributed by atoms with van der Waals surface area (Å²) in [5, 5.41) is 0. The molecular formula is C15H13ClFN3. The maximum atomic E-state index is 13.2. The van der Waals surface area contributed by atoms with Crippen LogP contribution in [0.25, 0.3) is 11.0 Å². The number of imidazole rings is 1. The van der Waals surface area contributed by atoms with Crippen molar-refractivity contribution in [3.8, 4) is 0 Å². The Balaban J connectivity index is 1.93. The van der Waals surface area contributed by atoms with E-state index in [1.807, 2.05) is 16.7 Å². The van der Waals surface area contributed by atoms with Crippen LogP contribution in [0.15, 0.2) is 42.7 Å². The lowest BCUT2D eigenvalue weighted by Crippen LogP contribution is -2.05. The molecule has 0 aliphatic rings. The number of pyridine rings is 1. The predicted molar refractivity (Wildman–Crippen MR) is 77.2 cm³/mol. The van der Waals surface area contributed by atoms with Crippen LogP contribution in [0.3, 0.4) is 0 Å². The average molecular weight is 290 g/mol. The van der Waals surface area contributed by atoms with Crippen LogP contribution >= 0.6 is 11.6 Å². The summed E-state index contributed by atoms with van der Waals surface area (Å²) < 4.78 is 15.3. The van der Waals surface area contributed by atoms with Gasteiger partial charge in [-0.25, -0.2) is 9.37 Å². The van der Waals surface area contributed by atoms with E-state index < -0.39 is 0 Å². The van der Waals surface area contributed by atoms with Gasteiger partial charge in [0.1, 0.15) is 11.6 Å². The molecule has 2 heterocycles. The highest BCUT2D eigenvalue weighted by Gasteiger charge is 2.10. The molecule has 1 aromatic carbocycles. The van der Waals surface area contributed by atoms with Crippen molar-refractivity contribution in [2.24, 2.45) is 0 Å². The van der Waals surface area contributed by atoms with Crippen LogP contribution in [0.5, 0.6) is 0 Å². The van der Waals surface area contributed by atoms with Crippen molar-refractivity contribution in [3.63, 3.8) is 0 Å². The Morgan fingerprint density at radius 2 is 1.95 bits per heavy atom. The number of benzene rings is 1. The summed E-state index contributed by atoms with van der Waals surface area (Å²) in [6.07, 6.45) is 4.41. The molecule has 0 bridgehead atoms. The average Bonchev–Trinajstić information content (AvgIpc) is 2.83. The number of rotatable bonds is 4. The van der Waals surface area contributed by atoms with Crippen LogP contribution in [0.4, 0.5) is 4.39 Å². The Kier molecular flexibility index (Phi) is 3.65. The molecule has 0 radical (unpaired) electrons. The topological polar surface area (TPSA) is 30.7 Å². The zero-order valence-corrected chi connectivity index (χ0v) is 11.5. The summed E-state index contributed by atoms with van der Waals surface area (Å²) in [5.74, 6) is 0.797. The first kappa shape index (κ1) is 13.1. The maximum absolute atomic E-state index is 13.2. The minimum absolute atomic E-state index is 0.280. The van der Waals surface area contributed by atoms with Crippen molar-refractivity contribution in [3.05, 3.63) is 59.9 Å². The van der Waals surface area contributed by atoms with Gasteiger partial charge in [-0.15, -0.1) is 11.6 Å². The normalized spacial score (nSPS) is 11.1. The third kappa shape index (κ3) is 2.51. The number of hydrogen-bond donors (Lipinski definition) is 0. The molecule has 0 N–H and O–H groups in total. The highest BCUT2D eigenvalue weighted by atomic mass is 35.5. The van der Waals surface area contributed by atoms with Crippen LogP contribution in [0, 0.1) is 5.82 Å². The molecular weight excluding hydrogens is 277 g/mol. The van der Waals surface area contributed by atoms with E-state index in [1.54, 1.807) is 18.5 Å². The molecule has 5 heteroatoms. The summed E-state index contributed by atoms with van der Waals surface area (Å²) in [6.45, 7) is 0.758. The lowest BCUT2D eigenvalue weighted by atomic mass is 10.2. The molecule has 0 aliphatic carbocycles. The standard InChI is InChI=1S/C15H13ClFN3/c16-10-15-19-13-9-12(17)1-2-14(13)20(15)8-5-11-3-6-18-7-4-11/h1-4,6-7,9H,5,8,10H2. The van der Waals surface area contributed by atoms with Gasteiger partial charge in [-0.3, -0.25) is 4.98 Å². The summed E-state index contributed by atoms with van der Waals surface area (Å²) >= 11 is 5.94. The molecule has 0 atom stereocenters. The second kappa shape index (κ2) is 5.59. The van der Waals surface area contributed by atoms with E-state index in [9.17, 15) is 4.39 Å². The molecule has 0 aliphatic heterocycles. The fraction of sp³-hybridized carbons (Fsp3) is 0.200. The monoisotopic (exact) mass is 289 g/mol. The Hall–Kier alpha value is -1.94. The van der Waals surface area contributed by atoms with Gasteiger partial charge in [0.05, 0.1) is 16.9 Å². The van der Waals surface area contributed by atoms with E-state index >= 15 is 0 Å². The molecule has 0 saturated carbocycles. The lowest BCUT2D eigenvalue weighted by Gasteiger charge is -2.07. The first-order valence-corrected chi connectivity index (χ1v) is 6.91. The Morgan fingerprint density at radius 3 is 2.70 bits per heavy atom. The van der Waals surface area contributed by atoms with E-state index in [0.29, 0.717) is 11.4 Å². The zero-order chi connectivity index (χ0) is 13.9. The molecule has 2 aromatic heterocycles. The molecule has 0 spiro atoms. The fourth-order valence-electron chi connectivity index (χ4n) is 2.29. The van der Waals surface area contributed by atoms with Gasteiger partial charge in [-0.05, 0) is 36.2 Å². The minimum Gasteiger partial charge on any atom is -0.327 e. The number of alkyl halides is 1. The van der Waals surface area contributed by atoms with Gasteiger partial charge in [0.2, 0.25) is 0 Å². The number of aromatic nitrogens is 3. The molecule has 3 aromatic rings. The highest BCUT2D eigenvalue weighted by molar-refractivity contribution is 6.16. The maximum Gasteiger partial charge on any atom is 0.125 e. The Bertz CT molecular complexity index is 725.